The zero-order chi connectivity index (χ0) is 20.1. The molecule has 1 amide bonds. The number of hydrogen-bond acceptors (Lipinski definition) is 6. The Balaban J connectivity index is 1.99. The van der Waals surface area contributed by atoms with Crippen LogP contribution in [0.1, 0.15) is 29.3 Å². The van der Waals surface area contributed by atoms with Crippen molar-refractivity contribution < 1.29 is 28.5 Å². The summed E-state index contributed by atoms with van der Waals surface area (Å²) in [4.78, 5) is 23.4. The second-order valence-electron chi connectivity index (χ2n) is 6.11. The largest absolute Gasteiger partial charge is 0.493 e. The van der Waals surface area contributed by atoms with Crippen molar-refractivity contribution in [3.63, 3.8) is 0 Å². The van der Waals surface area contributed by atoms with Crippen LogP contribution in [0.2, 0.25) is 0 Å². The third-order valence-corrected chi connectivity index (χ3v) is 4.52. The monoisotopic (exact) mass is 385 g/mol. The van der Waals surface area contributed by atoms with Crippen molar-refractivity contribution in [2.24, 2.45) is 0 Å². The van der Waals surface area contributed by atoms with Crippen LogP contribution in [0.25, 0.3) is 11.1 Å². The van der Waals surface area contributed by atoms with Crippen LogP contribution < -0.4 is 19.5 Å². The number of ether oxygens (including phenoxy) is 4. The van der Waals surface area contributed by atoms with Gasteiger partial charge in [-0.25, -0.2) is 0 Å². The maximum atomic E-state index is 12.0. The highest BCUT2D eigenvalue weighted by Crippen LogP contribution is 2.46. The normalized spacial score (nSPS) is 12.2. The van der Waals surface area contributed by atoms with Gasteiger partial charge < -0.3 is 24.3 Å². The van der Waals surface area contributed by atoms with Gasteiger partial charge in [0, 0.05) is 24.1 Å². The average Bonchev–Trinajstić information content (AvgIpc) is 3.11. The standard InChI is InChI=1S/C21H23NO6/c1-4-18(23)27-10-11-28-19-14(8-9-17(25-2)20(19)26-3)13-6-5-7-15-16(13)12-22-21(15)24/h5-9H,4,10-12H2,1-3H3,(H,22,24). The summed E-state index contributed by atoms with van der Waals surface area (Å²) in [7, 11) is 3.08. The van der Waals surface area contributed by atoms with E-state index in [0.717, 1.165) is 16.7 Å². The zero-order valence-electron chi connectivity index (χ0n) is 16.2. The molecule has 1 N–H and O–H groups in total. The lowest BCUT2D eigenvalue weighted by Gasteiger charge is -2.19. The van der Waals surface area contributed by atoms with Crippen LogP contribution in [0.3, 0.4) is 0 Å². The number of benzene rings is 2. The van der Waals surface area contributed by atoms with E-state index in [0.29, 0.717) is 35.8 Å². The summed E-state index contributed by atoms with van der Waals surface area (Å²) in [5.41, 5.74) is 3.20. The molecule has 0 saturated carbocycles. The fourth-order valence-electron chi connectivity index (χ4n) is 3.16. The van der Waals surface area contributed by atoms with Gasteiger partial charge in [0.05, 0.1) is 14.2 Å². The molecule has 0 saturated heterocycles. The minimum absolute atomic E-state index is 0.0914. The number of hydrogen-bond donors (Lipinski definition) is 1. The van der Waals surface area contributed by atoms with Crippen LogP contribution in [-0.4, -0.2) is 39.3 Å². The molecule has 0 radical (unpaired) electrons. The predicted octanol–water partition coefficient (Wildman–Crippen LogP) is 2.95. The molecule has 1 aliphatic heterocycles. The van der Waals surface area contributed by atoms with E-state index in [1.165, 1.54) is 7.11 Å². The number of esters is 1. The van der Waals surface area contributed by atoms with Crippen LogP contribution in [0.4, 0.5) is 0 Å². The van der Waals surface area contributed by atoms with Crippen LogP contribution in [-0.2, 0) is 16.1 Å². The van der Waals surface area contributed by atoms with E-state index in [-0.39, 0.29) is 25.1 Å². The van der Waals surface area contributed by atoms with E-state index in [1.807, 2.05) is 18.2 Å². The highest BCUT2D eigenvalue weighted by Gasteiger charge is 2.25. The summed E-state index contributed by atoms with van der Waals surface area (Å²) in [6.07, 6.45) is 0.310. The summed E-state index contributed by atoms with van der Waals surface area (Å²) in [5.74, 6) is 1.06. The Morgan fingerprint density at radius 1 is 1.00 bits per heavy atom. The number of carbonyl (C=O) groups is 2. The van der Waals surface area contributed by atoms with Crippen LogP contribution in [0.5, 0.6) is 17.2 Å². The van der Waals surface area contributed by atoms with Gasteiger partial charge in [-0.2, -0.15) is 0 Å². The Hall–Kier alpha value is -3.22. The molecule has 7 nitrogen and oxygen atoms in total. The Bertz CT molecular complexity index is 893. The van der Waals surface area contributed by atoms with Gasteiger partial charge in [0.25, 0.3) is 5.91 Å². The molecule has 28 heavy (non-hydrogen) atoms. The molecule has 148 valence electrons. The minimum atomic E-state index is -0.285. The fourth-order valence-corrected chi connectivity index (χ4v) is 3.16. The molecule has 0 aromatic heterocycles. The van der Waals surface area contributed by atoms with Gasteiger partial charge in [-0.1, -0.05) is 19.1 Å². The SMILES string of the molecule is CCC(=O)OCCOc1c(-c2cccc3c2CNC3=O)ccc(OC)c1OC. The maximum absolute atomic E-state index is 12.0. The quantitative estimate of drug-likeness (QED) is 0.556. The first-order valence-corrected chi connectivity index (χ1v) is 9.04. The number of rotatable bonds is 8. The molecule has 1 heterocycles. The van der Waals surface area contributed by atoms with E-state index in [4.69, 9.17) is 18.9 Å². The summed E-state index contributed by atoms with van der Waals surface area (Å²) in [5, 5.41) is 2.84. The van der Waals surface area contributed by atoms with Gasteiger partial charge in [0.15, 0.2) is 11.5 Å². The second-order valence-corrected chi connectivity index (χ2v) is 6.11. The van der Waals surface area contributed by atoms with Gasteiger partial charge in [-0.3, -0.25) is 9.59 Å². The third-order valence-electron chi connectivity index (χ3n) is 4.52. The smallest absolute Gasteiger partial charge is 0.305 e. The van der Waals surface area contributed by atoms with Crippen molar-refractivity contribution in [2.45, 2.75) is 19.9 Å². The summed E-state index contributed by atoms with van der Waals surface area (Å²) >= 11 is 0. The van der Waals surface area contributed by atoms with Crippen molar-refractivity contribution in [3.05, 3.63) is 41.5 Å². The first-order valence-electron chi connectivity index (χ1n) is 9.04. The van der Waals surface area contributed by atoms with Gasteiger partial charge in [-0.15, -0.1) is 0 Å². The molecule has 0 atom stereocenters. The number of fused-ring (bicyclic) bond motifs is 1. The van der Waals surface area contributed by atoms with Crippen molar-refractivity contribution in [2.75, 3.05) is 27.4 Å². The van der Waals surface area contributed by atoms with Crippen molar-refractivity contribution in [3.8, 4) is 28.4 Å². The van der Waals surface area contributed by atoms with Gasteiger partial charge in [-0.05, 0) is 29.3 Å². The van der Waals surface area contributed by atoms with E-state index in [1.54, 1.807) is 26.2 Å². The Morgan fingerprint density at radius 2 is 1.79 bits per heavy atom. The summed E-state index contributed by atoms with van der Waals surface area (Å²) in [6.45, 7) is 2.47. The van der Waals surface area contributed by atoms with Crippen molar-refractivity contribution >= 4 is 11.9 Å². The molecule has 2 aromatic carbocycles. The first kappa shape index (κ1) is 19.5. The Kier molecular flexibility index (Phi) is 6.03. The zero-order valence-corrected chi connectivity index (χ0v) is 16.2. The van der Waals surface area contributed by atoms with E-state index in [9.17, 15) is 9.59 Å². The second kappa shape index (κ2) is 8.65. The van der Waals surface area contributed by atoms with E-state index in [2.05, 4.69) is 5.32 Å². The lowest BCUT2D eigenvalue weighted by atomic mass is 9.95. The fraction of sp³-hybridized carbons (Fsp3) is 0.333. The first-order chi connectivity index (χ1) is 13.6. The molecule has 7 heteroatoms. The van der Waals surface area contributed by atoms with Crippen LogP contribution in [0, 0.1) is 0 Å². The molecule has 0 fully saturated rings. The van der Waals surface area contributed by atoms with Gasteiger partial charge in [0.1, 0.15) is 13.2 Å². The van der Waals surface area contributed by atoms with E-state index < -0.39 is 0 Å². The molecule has 1 aliphatic rings. The molecule has 0 bridgehead atoms. The Morgan fingerprint density at radius 3 is 2.50 bits per heavy atom. The molecule has 3 rings (SSSR count). The third kappa shape index (κ3) is 3.74. The minimum Gasteiger partial charge on any atom is -0.493 e. The predicted molar refractivity (Wildman–Crippen MR) is 103 cm³/mol. The maximum Gasteiger partial charge on any atom is 0.305 e. The van der Waals surface area contributed by atoms with Crippen LogP contribution >= 0.6 is 0 Å². The molecule has 0 unspecified atom stereocenters. The number of nitrogens with one attached hydrogen (secondary N) is 1. The molecule has 0 aliphatic carbocycles. The molecule has 2 aromatic rings. The lowest BCUT2D eigenvalue weighted by Crippen LogP contribution is -2.12. The average molecular weight is 385 g/mol. The topological polar surface area (TPSA) is 83.1 Å². The van der Waals surface area contributed by atoms with Gasteiger partial charge >= 0.3 is 5.97 Å². The summed E-state index contributed by atoms with van der Waals surface area (Å²) < 4.78 is 21.9. The van der Waals surface area contributed by atoms with Gasteiger partial charge in [0.2, 0.25) is 5.75 Å². The highest BCUT2D eigenvalue weighted by molar-refractivity contribution is 6.01. The van der Waals surface area contributed by atoms with E-state index >= 15 is 0 Å². The lowest BCUT2D eigenvalue weighted by molar-refractivity contribution is -0.143. The summed E-state index contributed by atoms with van der Waals surface area (Å²) in [6, 6.07) is 9.23. The molecule has 0 spiro atoms. The number of carbonyl (C=O) groups excluding carboxylic acids is 2. The Labute approximate surface area is 163 Å². The number of methoxy groups -OCH3 is 2. The molecular formula is C21H23NO6. The van der Waals surface area contributed by atoms with Crippen molar-refractivity contribution in [1.82, 2.24) is 5.32 Å². The molecular weight excluding hydrogens is 362 g/mol. The van der Waals surface area contributed by atoms with Crippen LogP contribution in [0.15, 0.2) is 30.3 Å². The number of amides is 1. The van der Waals surface area contributed by atoms with Crippen molar-refractivity contribution in [1.29, 1.82) is 0 Å². The highest BCUT2D eigenvalue weighted by atomic mass is 16.6.